The summed E-state index contributed by atoms with van der Waals surface area (Å²) < 4.78 is 22.9. The predicted molar refractivity (Wildman–Crippen MR) is 305 cm³/mol. The van der Waals surface area contributed by atoms with Crippen molar-refractivity contribution in [2.24, 2.45) is 41.4 Å². The highest BCUT2D eigenvalue weighted by Crippen LogP contribution is 2.31. The SMILES string of the molecule is C/C1=[13CH]\CCC(C)C(O)C(C)[13CH](O)C[13CH2]/C=C/C(C)[13CH](O)/C=C/C(C)C(O)/C(C)=[13CH]/C([18O][C@H]2O[C@H](CO)[C@@H](O)[C@H](O)[C@@H]2O)[13CH](O)C[13CH](O)C[13CH](O)CC(O)C(C)C(O)C(C)[13CH](O)C[13CH](O)C[13CH](O)/C=[13CH]/CC(C(C)C2CCC(=[18O])[18O]2)OC1=O. The molecule has 0 amide bonds. The van der Waals surface area contributed by atoms with Crippen LogP contribution in [0.1, 0.15) is 139 Å². The van der Waals surface area contributed by atoms with Crippen LogP contribution in [0.2, 0.25) is 0 Å². The van der Waals surface area contributed by atoms with Crippen LogP contribution < -0.4 is 0 Å². The Morgan fingerprint density at radius 2 is 1.23 bits per heavy atom. The van der Waals surface area contributed by atoms with Crippen LogP contribution in [0.25, 0.3) is 0 Å². The van der Waals surface area contributed by atoms with Crippen LogP contribution >= 0.6 is 0 Å². The monoisotopic (exact) mass is 1210 g/mol. The number of aliphatic hydroxyl groups is 16. The lowest BCUT2D eigenvalue weighted by atomic mass is 9.90. The molecule has 2 fully saturated rings. The lowest BCUT2D eigenvalue weighted by Gasteiger charge is -2.41. The number of hydrogen-bond donors (Lipinski definition) is 16. The number of carbonyl (C=O) groups is 2. The summed E-state index contributed by atoms with van der Waals surface area (Å²) in [7, 11) is 0. The van der Waals surface area contributed by atoms with E-state index in [4.69, 9.17) is 18.9 Å². The highest BCUT2D eigenvalue weighted by molar-refractivity contribution is 5.87. The van der Waals surface area contributed by atoms with Gasteiger partial charge >= 0.3 is 11.9 Å². The second kappa shape index (κ2) is 36.3. The van der Waals surface area contributed by atoms with Crippen LogP contribution in [0.4, 0.5) is 0 Å². The standard InChI is InChI=1S/C61H104O22/c1-31-14-10-11-18-45(68)36(6)55(74)32(2)15-12-16-34(4)60(79)81-49(39(9)50-22-23-53(72)80-50)19-13-17-40(63)25-41(64)27-46(69)37(7)56(75)38(8)47(70)28-42(65)26-43(66)29-48(71)51(24-35(5)54(73)33(3)20-21-44(31)67)82-61-59(78)58(77)57(76)52(30-62)83-61/h10,13-14,16-17,20-21,24,31-33,36-52,54-59,61-71,73-78H,11-12,15,18-19,22-23,25-30H2,1-9H3/b14-10+,17-13+,21-20+,34-16+,35-24+/t31?,32?,33?,36?,37?,38?,39?,40?,41?,42?,43?,44?,45?,46?,47?,48?,49?,50?,51?,52-,54?,55?,56?,57-,58+,59+,61+/m1/s1/i11+1,13+1,16+1,24+1,40+1,41+1,42+1,43+1,44+1,45+1,46+1,48+1,72+2,80+2,82+2. The molecule has 3 heterocycles. The maximum Gasteiger partial charge on any atom is 0.333 e. The van der Waals surface area contributed by atoms with E-state index in [-0.39, 0.29) is 49.6 Å². The average molecular weight is 1210 g/mol. The van der Waals surface area contributed by atoms with Crippen LogP contribution in [-0.2, 0) is 28.5 Å². The molecular weight excluding hydrogens is 1100 g/mol. The fourth-order valence-electron chi connectivity index (χ4n) is 10.9. The largest absolute Gasteiger partial charge is 0.462 e. The minimum absolute atomic E-state index is 0.118. The minimum Gasteiger partial charge on any atom is -0.462 e. The number of esters is 2. The van der Waals surface area contributed by atoms with Gasteiger partial charge < -0.3 is 101 Å². The van der Waals surface area contributed by atoms with E-state index in [0.717, 1.165) is 0 Å². The Balaban J connectivity index is 1.88. The Kier molecular flexibility index (Phi) is 32.4. The summed E-state index contributed by atoms with van der Waals surface area (Å²) in [5.41, 5.74) is 0.540. The van der Waals surface area contributed by atoms with Gasteiger partial charge in [0.15, 0.2) is 6.29 Å². The molecule has 83 heavy (non-hydrogen) atoms. The normalized spacial score (nSPS) is 45.6. The maximum atomic E-state index is 13.5. The molecule has 22 unspecified atom stereocenters. The van der Waals surface area contributed by atoms with E-state index in [1.807, 2.05) is 13.0 Å². The van der Waals surface area contributed by atoms with E-state index in [1.54, 1.807) is 58.9 Å². The van der Waals surface area contributed by atoms with Crippen LogP contribution in [-0.4, -0.2) is 223 Å². The number of hydrogen-bond acceptors (Lipinski definition) is 22. The van der Waals surface area contributed by atoms with Gasteiger partial charge in [0.1, 0.15) is 42.7 Å². The number of rotatable bonds is 5. The van der Waals surface area contributed by atoms with Gasteiger partial charge in [-0.2, -0.15) is 0 Å². The van der Waals surface area contributed by atoms with E-state index in [2.05, 4.69) is 0 Å². The first-order valence-electron chi connectivity index (χ1n) is 29.8. The number of ether oxygens (including phenoxy) is 4. The van der Waals surface area contributed by atoms with Crippen molar-refractivity contribution in [1.29, 1.82) is 0 Å². The van der Waals surface area contributed by atoms with E-state index >= 15 is 0 Å². The third-order valence-electron chi connectivity index (χ3n) is 17.2. The van der Waals surface area contributed by atoms with Crippen LogP contribution in [0.5, 0.6) is 0 Å². The molecule has 16 N–H and O–H groups in total. The number of carbonyl (C=O) groups excluding carboxylic acids is 2. The molecule has 0 aliphatic carbocycles. The van der Waals surface area contributed by atoms with Gasteiger partial charge in [0.05, 0.1) is 79.9 Å². The summed E-state index contributed by atoms with van der Waals surface area (Å²) in [5.74, 6) is -5.08. The quantitative estimate of drug-likeness (QED) is 0.0791. The zero-order chi connectivity index (χ0) is 62.6. The lowest BCUT2D eigenvalue weighted by Crippen LogP contribution is -2.60. The van der Waals surface area contributed by atoms with E-state index in [9.17, 15) is 91.3 Å². The summed E-state index contributed by atoms with van der Waals surface area (Å²) in [4.78, 5) is 25.5. The molecule has 0 radical (unpaired) electrons. The van der Waals surface area contributed by atoms with Gasteiger partial charge in [-0.05, 0) is 76.7 Å². The third-order valence-corrected chi connectivity index (χ3v) is 17.2. The van der Waals surface area contributed by atoms with Gasteiger partial charge in [-0.25, -0.2) is 4.79 Å². The van der Waals surface area contributed by atoms with Crippen molar-refractivity contribution in [2.45, 2.75) is 262 Å². The van der Waals surface area contributed by atoms with Gasteiger partial charge in [-0.1, -0.05) is 97.1 Å². The summed E-state index contributed by atoms with van der Waals surface area (Å²) in [5, 5.41) is 175. The molecule has 0 aromatic rings. The second-order valence-corrected chi connectivity index (χ2v) is 24.3. The van der Waals surface area contributed by atoms with Crippen molar-refractivity contribution in [3.63, 3.8) is 0 Å². The van der Waals surface area contributed by atoms with Crippen molar-refractivity contribution >= 4 is 11.9 Å². The lowest BCUT2D eigenvalue weighted by molar-refractivity contribution is -0.313. The molecule has 0 spiro atoms. The predicted octanol–water partition coefficient (Wildman–Crippen LogP) is 1.05. The van der Waals surface area contributed by atoms with Crippen LogP contribution in [0.3, 0.4) is 0 Å². The van der Waals surface area contributed by atoms with Gasteiger partial charge in [0, 0.05) is 66.8 Å². The number of aliphatic hydroxyl groups excluding tert-OH is 16. The first-order valence-corrected chi connectivity index (χ1v) is 29.8. The van der Waals surface area contributed by atoms with E-state index in [1.165, 1.54) is 39.0 Å². The number of allylic oxidation sites excluding steroid dienone is 2. The summed E-state index contributed by atoms with van der Waals surface area (Å²) >= 11 is 0. The Labute approximate surface area is 490 Å². The van der Waals surface area contributed by atoms with Crippen molar-refractivity contribution in [1.82, 2.24) is 0 Å². The van der Waals surface area contributed by atoms with Crippen molar-refractivity contribution in [2.75, 3.05) is 6.61 Å². The smallest absolute Gasteiger partial charge is 0.333 e. The second-order valence-electron chi connectivity index (χ2n) is 24.3. The first kappa shape index (κ1) is 74.2. The molecule has 2 saturated heterocycles. The zero-order valence-electron chi connectivity index (χ0n) is 50.0. The number of cyclic esters (lactones) is 2. The van der Waals surface area contributed by atoms with Crippen molar-refractivity contribution < 1.29 is 110 Å². The van der Waals surface area contributed by atoms with Crippen molar-refractivity contribution in [3.8, 4) is 0 Å². The zero-order valence-corrected chi connectivity index (χ0v) is 50.0. The molecule has 3 rings (SSSR count). The molecule has 22 heteroatoms. The fraction of sp³-hybridized carbons (Fsp3) is 0.803. The van der Waals surface area contributed by atoms with Gasteiger partial charge in [-0.15, -0.1) is 0 Å². The topological polar surface area (TPSA) is 395 Å². The average Bonchev–Trinajstić information content (AvgIpc) is 4.00. The molecule has 3 aliphatic heterocycles. The van der Waals surface area contributed by atoms with Crippen molar-refractivity contribution in [3.05, 3.63) is 59.8 Å². The molecular formula is C61H104O22. The van der Waals surface area contributed by atoms with Gasteiger partial charge in [-0.3, -0.25) is 4.79 Å². The first-order chi connectivity index (χ1) is 38.9. The Morgan fingerprint density at radius 3 is 1.82 bits per heavy atom. The molecule has 0 aromatic heterocycles. The highest BCUT2D eigenvalue weighted by atomic mass is 18.4. The Bertz CT molecular complexity index is 2050. The van der Waals surface area contributed by atoms with E-state index < -0.39 is 183 Å². The minimum atomic E-state index is -1.88. The fourth-order valence-corrected chi connectivity index (χ4v) is 10.9. The molecule has 3 aliphatic rings. The summed E-state index contributed by atoms with van der Waals surface area (Å²) in [6, 6.07) is 0. The van der Waals surface area contributed by atoms with Crippen LogP contribution in [0, 0.1) is 41.4 Å². The molecule has 27 atom stereocenters. The third kappa shape index (κ3) is 23.9. The molecule has 480 valence electrons. The highest BCUT2D eigenvalue weighted by Gasteiger charge is 2.46. The molecule has 0 aromatic carbocycles. The van der Waals surface area contributed by atoms with E-state index in [0.29, 0.717) is 37.7 Å². The summed E-state index contributed by atoms with van der Waals surface area (Å²) in [6.45, 7) is 14.2. The maximum absolute atomic E-state index is 13.5. The Morgan fingerprint density at radius 1 is 0.639 bits per heavy atom. The molecule has 0 saturated carbocycles. The summed E-state index contributed by atoms with van der Waals surface area (Å²) in [6.07, 6.45) is -13.0. The Hall–Kier alpha value is -3.08. The molecule has 0 bridgehead atoms. The molecule has 22 nitrogen and oxygen atoms in total. The van der Waals surface area contributed by atoms with Gasteiger partial charge in [0.25, 0.3) is 0 Å². The van der Waals surface area contributed by atoms with Crippen LogP contribution in [0.15, 0.2) is 59.8 Å². The van der Waals surface area contributed by atoms with Gasteiger partial charge in [0.2, 0.25) is 0 Å².